The zero-order valence-corrected chi connectivity index (χ0v) is 54.3. The van der Waals surface area contributed by atoms with Crippen LogP contribution in [-0.4, -0.2) is 87.5 Å². The largest absolute Gasteiger partial charge is 0.394 e. The van der Waals surface area contributed by atoms with E-state index in [1.165, 1.54) is 148 Å². The Morgan fingerprint density at radius 2 is 0.741 bits per heavy atom. The van der Waals surface area contributed by atoms with Gasteiger partial charge in [-0.15, -0.1) is 0 Å². The smallest absolute Gasteiger partial charge is 0.220 e. The average molecular weight is 1180 g/mol. The summed E-state index contributed by atoms with van der Waals surface area (Å²) in [7, 11) is 0. The molecule has 7 unspecified atom stereocenters. The number of ether oxygens (including phenoxy) is 2. The first-order valence-electron chi connectivity index (χ1n) is 34.9. The number of nitrogens with one attached hydrogen (secondary N) is 1. The second kappa shape index (κ2) is 63.4. The van der Waals surface area contributed by atoms with Gasteiger partial charge in [0.2, 0.25) is 5.91 Å². The number of amides is 1. The van der Waals surface area contributed by atoms with Gasteiger partial charge in [-0.3, -0.25) is 4.79 Å². The van der Waals surface area contributed by atoms with Gasteiger partial charge in [0.05, 0.1) is 25.4 Å². The van der Waals surface area contributed by atoms with Crippen molar-refractivity contribution in [2.45, 2.75) is 326 Å². The Bertz CT molecular complexity index is 1800. The standard InChI is InChI=1S/C76H129NO8/c1-3-5-7-9-11-13-15-17-19-21-23-25-27-29-31-33-34-35-36-38-40-42-44-46-48-50-52-54-56-58-60-62-64-66-72(80)77-69(68-84-76-75(83)74(82)73(81)71(67-78)85-76)70(79)65-63-61-59-57-55-53-51-49-47-45-43-41-39-37-32-30-28-26-24-22-20-18-16-14-12-10-8-6-4-2/h5,7,11,13,17,19,23,25,29,31,34-35,38,40,44,46-47,49,55,57,63,65,69-71,73-76,78-79,81-83H,3-4,6,8-10,12,14-16,18,20-22,24,26-28,30,32-33,36-37,39,41-43,45,48,50-54,56,58-62,64,66-68H2,1-2H3,(H,77,80)/b7-5-,13-11-,19-17-,25-23-,31-29-,35-34-,40-38-,46-44-,49-47+,57-55+,65-63+. The van der Waals surface area contributed by atoms with Crippen LogP contribution in [0.25, 0.3) is 0 Å². The van der Waals surface area contributed by atoms with Crippen LogP contribution in [-0.2, 0) is 14.3 Å². The molecule has 0 aliphatic carbocycles. The molecule has 1 amide bonds. The summed E-state index contributed by atoms with van der Waals surface area (Å²) in [5.74, 6) is -0.203. The summed E-state index contributed by atoms with van der Waals surface area (Å²) in [5.41, 5.74) is 0. The molecule has 0 aromatic heterocycles. The van der Waals surface area contributed by atoms with Crippen LogP contribution >= 0.6 is 0 Å². The number of allylic oxidation sites excluding steroid dienone is 21. The minimum absolute atomic E-state index is 0.203. The third-order valence-electron chi connectivity index (χ3n) is 15.7. The highest BCUT2D eigenvalue weighted by molar-refractivity contribution is 5.76. The maximum atomic E-state index is 13.1. The van der Waals surface area contributed by atoms with Gasteiger partial charge in [0.15, 0.2) is 6.29 Å². The van der Waals surface area contributed by atoms with Crippen molar-refractivity contribution in [2.75, 3.05) is 13.2 Å². The Balaban J connectivity index is 2.21. The van der Waals surface area contributed by atoms with Gasteiger partial charge in [0.1, 0.15) is 24.4 Å². The van der Waals surface area contributed by atoms with Gasteiger partial charge in [-0.25, -0.2) is 0 Å². The molecule has 0 aromatic rings. The quantitative estimate of drug-likeness (QED) is 0.0261. The van der Waals surface area contributed by atoms with E-state index in [4.69, 9.17) is 9.47 Å². The number of carbonyl (C=O) groups is 1. The van der Waals surface area contributed by atoms with Gasteiger partial charge < -0.3 is 40.3 Å². The van der Waals surface area contributed by atoms with Gasteiger partial charge >= 0.3 is 0 Å². The maximum Gasteiger partial charge on any atom is 0.220 e. The van der Waals surface area contributed by atoms with Crippen molar-refractivity contribution < 1.29 is 39.8 Å². The number of hydrogen-bond donors (Lipinski definition) is 6. The predicted octanol–water partition coefficient (Wildman–Crippen LogP) is 19.2. The van der Waals surface area contributed by atoms with Crippen LogP contribution in [0.5, 0.6) is 0 Å². The summed E-state index contributed by atoms with van der Waals surface area (Å²) in [6.07, 6.45) is 89.8. The normalized spacial score (nSPS) is 19.0. The molecule has 1 heterocycles. The van der Waals surface area contributed by atoms with Crippen LogP contribution in [0.3, 0.4) is 0 Å². The molecular formula is C76H129NO8. The minimum atomic E-state index is -1.59. The van der Waals surface area contributed by atoms with Crippen molar-refractivity contribution in [1.82, 2.24) is 5.32 Å². The van der Waals surface area contributed by atoms with Crippen molar-refractivity contribution >= 4 is 5.91 Å². The molecule has 0 bridgehead atoms. The molecule has 1 saturated heterocycles. The second-order valence-electron chi connectivity index (χ2n) is 23.6. The molecule has 0 saturated carbocycles. The molecule has 1 fully saturated rings. The molecule has 1 rings (SSSR count). The van der Waals surface area contributed by atoms with E-state index in [-0.39, 0.29) is 12.5 Å². The van der Waals surface area contributed by atoms with Gasteiger partial charge in [-0.1, -0.05) is 302 Å². The number of carbonyl (C=O) groups excluding carboxylic acids is 1. The lowest BCUT2D eigenvalue weighted by atomic mass is 9.99. The van der Waals surface area contributed by atoms with Crippen molar-refractivity contribution in [2.24, 2.45) is 0 Å². The summed E-state index contributed by atoms with van der Waals surface area (Å²) in [4.78, 5) is 13.1. The fourth-order valence-electron chi connectivity index (χ4n) is 10.3. The van der Waals surface area contributed by atoms with E-state index in [9.17, 15) is 30.3 Å². The first-order valence-corrected chi connectivity index (χ1v) is 34.9. The highest BCUT2D eigenvalue weighted by Gasteiger charge is 2.44. The number of aliphatic hydroxyl groups is 5. The maximum absolute atomic E-state index is 13.1. The SMILES string of the molecule is CC/C=C\C/C=C\C/C=C\C/C=C\C/C=C\C/C=C\C/C=C\C/C=C\CCCCCCCCCCC(=O)NC(COC1OC(CO)C(O)C(O)C1O)C(O)/C=C/CC/C=C/CC/C=C/CCCCCCCCCCCCCCCCCCCCC. The highest BCUT2D eigenvalue weighted by atomic mass is 16.7. The number of aliphatic hydroxyl groups excluding tert-OH is 5. The Labute approximate surface area is 521 Å². The molecule has 85 heavy (non-hydrogen) atoms. The van der Waals surface area contributed by atoms with Crippen LogP contribution in [0.15, 0.2) is 134 Å². The molecule has 6 N–H and O–H groups in total. The van der Waals surface area contributed by atoms with Crippen molar-refractivity contribution in [3.05, 3.63) is 134 Å². The van der Waals surface area contributed by atoms with Gasteiger partial charge in [-0.05, 0) is 109 Å². The van der Waals surface area contributed by atoms with E-state index < -0.39 is 49.5 Å². The topological polar surface area (TPSA) is 149 Å². The number of rotatable bonds is 59. The molecular weight excluding hydrogens is 1050 g/mol. The van der Waals surface area contributed by atoms with Gasteiger partial charge in [0.25, 0.3) is 0 Å². The van der Waals surface area contributed by atoms with Crippen molar-refractivity contribution in [3.8, 4) is 0 Å². The van der Waals surface area contributed by atoms with E-state index in [2.05, 4.69) is 141 Å². The second-order valence-corrected chi connectivity index (χ2v) is 23.6. The minimum Gasteiger partial charge on any atom is -0.394 e. The van der Waals surface area contributed by atoms with E-state index in [0.717, 1.165) is 116 Å². The lowest BCUT2D eigenvalue weighted by molar-refractivity contribution is -0.302. The summed E-state index contributed by atoms with van der Waals surface area (Å²) in [6.45, 7) is 3.66. The van der Waals surface area contributed by atoms with Crippen molar-refractivity contribution in [3.63, 3.8) is 0 Å². The third-order valence-corrected chi connectivity index (χ3v) is 15.7. The summed E-state index contributed by atoms with van der Waals surface area (Å²) in [6, 6.07) is -0.845. The lowest BCUT2D eigenvalue weighted by Gasteiger charge is -2.40. The molecule has 7 atom stereocenters. The lowest BCUT2D eigenvalue weighted by Crippen LogP contribution is -2.60. The molecule has 486 valence electrons. The van der Waals surface area contributed by atoms with Gasteiger partial charge in [-0.2, -0.15) is 0 Å². The molecule has 1 aliphatic heterocycles. The molecule has 0 spiro atoms. The van der Waals surface area contributed by atoms with Crippen LogP contribution in [0, 0.1) is 0 Å². The molecule has 9 nitrogen and oxygen atoms in total. The summed E-state index contributed by atoms with van der Waals surface area (Å²) in [5, 5.41) is 54.7. The zero-order valence-electron chi connectivity index (χ0n) is 54.3. The fraction of sp³-hybridized carbons (Fsp3) is 0.697. The molecule has 9 heteroatoms. The Hall–Kier alpha value is -3.67. The van der Waals surface area contributed by atoms with E-state index in [1.807, 2.05) is 6.08 Å². The summed E-state index contributed by atoms with van der Waals surface area (Å²) < 4.78 is 11.3. The van der Waals surface area contributed by atoms with Crippen LogP contribution in [0.1, 0.15) is 284 Å². The van der Waals surface area contributed by atoms with Crippen LogP contribution < -0.4 is 5.32 Å². The number of hydrogen-bond acceptors (Lipinski definition) is 8. The number of unbranched alkanes of at least 4 members (excludes halogenated alkanes) is 29. The third kappa shape index (κ3) is 52.0. The fourth-order valence-corrected chi connectivity index (χ4v) is 10.3. The summed E-state index contributed by atoms with van der Waals surface area (Å²) >= 11 is 0. The molecule has 0 radical (unpaired) electrons. The molecule has 1 aliphatic rings. The Kier molecular flexibility index (Phi) is 59.1. The molecule has 0 aromatic carbocycles. The Morgan fingerprint density at radius 3 is 1.13 bits per heavy atom. The zero-order chi connectivity index (χ0) is 61.4. The monoisotopic (exact) mass is 1180 g/mol. The van der Waals surface area contributed by atoms with Crippen LogP contribution in [0.4, 0.5) is 0 Å². The van der Waals surface area contributed by atoms with E-state index in [1.54, 1.807) is 6.08 Å². The van der Waals surface area contributed by atoms with Gasteiger partial charge in [0, 0.05) is 6.42 Å². The predicted molar refractivity (Wildman–Crippen MR) is 363 cm³/mol. The highest BCUT2D eigenvalue weighted by Crippen LogP contribution is 2.23. The van der Waals surface area contributed by atoms with Crippen molar-refractivity contribution in [1.29, 1.82) is 0 Å². The van der Waals surface area contributed by atoms with Crippen LogP contribution in [0.2, 0.25) is 0 Å². The average Bonchev–Trinajstić information content (AvgIpc) is 3.68. The first kappa shape index (κ1) is 79.3. The Morgan fingerprint density at radius 1 is 0.412 bits per heavy atom. The van der Waals surface area contributed by atoms with E-state index >= 15 is 0 Å². The first-order chi connectivity index (χ1) is 41.8. The van der Waals surface area contributed by atoms with E-state index in [0.29, 0.717) is 6.42 Å².